The van der Waals surface area contributed by atoms with Crippen LogP contribution in [0.3, 0.4) is 0 Å². The summed E-state index contributed by atoms with van der Waals surface area (Å²) in [6, 6.07) is 5.77. The molecule has 0 fully saturated rings. The lowest BCUT2D eigenvalue weighted by atomic mass is 10.2. The van der Waals surface area contributed by atoms with Crippen molar-refractivity contribution < 1.29 is 9.53 Å². The molecule has 1 aliphatic heterocycles. The van der Waals surface area contributed by atoms with Crippen LogP contribution in [0.15, 0.2) is 35.2 Å². The maximum absolute atomic E-state index is 10.5. The molecular formula is C12H13N3O2. The van der Waals surface area contributed by atoms with Gasteiger partial charge in [0.2, 0.25) is 6.41 Å². The highest BCUT2D eigenvalue weighted by Crippen LogP contribution is 2.31. The van der Waals surface area contributed by atoms with Crippen molar-refractivity contribution >= 4 is 17.9 Å². The van der Waals surface area contributed by atoms with Crippen LogP contribution in [-0.4, -0.2) is 19.3 Å². The molecule has 0 radical (unpaired) electrons. The highest BCUT2D eigenvalue weighted by molar-refractivity contribution is 6.11. The van der Waals surface area contributed by atoms with E-state index in [-0.39, 0.29) is 0 Å². The number of aliphatic imine (C=N–C) groups is 1. The van der Waals surface area contributed by atoms with Gasteiger partial charge in [-0.25, -0.2) is 0 Å². The van der Waals surface area contributed by atoms with E-state index in [2.05, 4.69) is 15.6 Å². The van der Waals surface area contributed by atoms with Crippen molar-refractivity contribution in [2.75, 3.05) is 12.4 Å². The standard InChI is InChI=1S/C12H13N3O2/c1-8-3-4-10-9(5-8)15-12(14-7-16)11(17-10)6-13-2/h3-7,13H,1-2H3,(H,14,15,16)/b11-6+. The third-order valence-corrected chi connectivity index (χ3v) is 2.30. The van der Waals surface area contributed by atoms with E-state index in [1.54, 1.807) is 13.2 Å². The molecule has 0 unspecified atom stereocenters. The number of hydrogen-bond acceptors (Lipinski definition) is 3. The smallest absolute Gasteiger partial charge is 0.234 e. The summed E-state index contributed by atoms with van der Waals surface area (Å²) in [6.45, 7) is 1.98. The van der Waals surface area contributed by atoms with Gasteiger partial charge < -0.3 is 15.4 Å². The number of amides is 1. The predicted octanol–water partition coefficient (Wildman–Crippen LogP) is 1.42. The number of ether oxygens (including phenoxy) is 1. The summed E-state index contributed by atoms with van der Waals surface area (Å²) in [5.41, 5.74) is 1.91. The molecule has 2 N–H and O–H groups in total. The lowest BCUT2D eigenvalue weighted by Gasteiger charge is -2.22. The summed E-state index contributed by atoms with van der Waals surface area (Å²) in [5.74, 6) is 1.59. The summed E-state index contributed by atoms with van der Waals surface area (Å²) >= 11 is 0. The van der Waals surface area contributed by atoms with E-state index in [0.29, 0.717) is 23.8 Å². The predicted molar refractivity (Wildman–Crippen MR) is 66.1 cm³/mol. The maximum atomic E-state index is 10.5. The topological polar surface area (TPSA) is 62.7 Å². The lowest BCUT2D eigenvalue weighted by Crippen LogP contribution is -2.25. The van der Waals surface area contributed by atoms with Crippen LogP contribution in [-0.2, 0) is 4.79 Å². The molecule has 0 saturated carbocycles. The largest absolute Gasteiger partial charge is 0.450 e. The zero-order chi connectivity index (χ0) is 12.3. The molecule has 0 atom stereocenters. The van der Waals surface area contributed by atoms with Gasteiger partial charge in [0.1, 0.15) is 0 Å². The molecule has 17 heavy (non-hydrogen) atoms. The molecule has 0 aromatic heterocycles. The fourth-order valence-corrected chi connectivity index (χ4v) is 1.56. The normalized spacial score (nSPS) is 18.2. The van der Waals surface area contributed by atoms with Crippen LogP contribution in [0.5, 0.6) is 5.75 Å². The van der Waals surface area contributed by atoms with E-state index < -0.39 is 0 Å². The lowest BCUT2D eigenvalue weighted by molar-refractivity contribution is -0.106. The molecule has 0 aliphatic carbocycles. The Morgan fingerprint density at radius 2 is 2.29 bits per heavy atom. The number of carbonyl (C=O) groups is 1. The number of aryl methyl sites for hydroxylation is 1. The molecule has 0 bridgehead atoms. The van der Waals surface area contributed by atoms with E-state index in [9.17, 15) is 4.79 Å². The van der Waals surface area contributed by atoms with Crippen LogP contribution in [0.1, 0.15) is 5.56 Å². The number of anilines is 1. The Hall–Kier alpha value is -2.30. The van der Waals surface area contributed by atoms with Gasteiger partial charge in [-0.3, -0.25) is 4.79 Å². The van der Waals surface area contributed by atoms with Gasteiger partial charge in [0.15, 0.2) is 17.3 Å². The van der Waals surface area contributed by atoms with E-state index in [0.717, 1.165) is 11.3 Å². The molecule has 1 heterocycles. The van der Waals surface area contributed by atoms with Crippen molar-refractivity contribution in [3.8, 4) is 5.75 Å². The van der Waals surface area contributed by atoms with Gasteiger partial charge in [-0.1, -0.05) is 6.07 Å². The van der Waals surface area contributed by atoms with Gasteiger partial charge in [-0.2, -0.15) is 4.99 Å². The first-order chi connectivity index (χ1) is 8.24. The zero-order valence-corrected chi connectivity index (χ0v) is 9.65. The fourth-order valence-electron chi connectivity index (χ4n) is 1.56. The minimum absolute atomic E-state index is 0.396. The molecular weight excluding hydrogens is 218 g/mol. The van der Waals surface area contributed by atoms with Gasteiger partial charge in [-0.15, -0.1) is 0 Å². The average molecular weight is 231 g/mol. The Balaban J connectivity index is 2.43. The minimum Gasteiger partial charge on any atom is -0.450 e. The van der Waals surface area contributed by atoms with Crippen molar-refractivity contribution in [3.05, 3.63) is 35.7 Å². The number of rotatable bonds is 2. The average Bonchev–Trinajstić information content (AvgIpc) is 2.31. The Morgan fingerprint density at radius 1 is 1.47 bits per heavy atom. The van der Waals surface area contributed by atoms with Crippen molar-refractivity contribution in [2.24, 2.45) is 4.99 Å². The van der Waals surface area contributed by atoms with Crippen LogP contribution < -0.4 is 15.4 Å². The highest BCUT2D eigenvalue weighted by Gasteiger charge is 2.19. The van der Waals surface area contributed by atoms with Crippen molar-refractivity contribution in [3.63, 3.8) is 0 Å². The quantitative estimate of drug-likeness (QED) is 0.755. The maximum Gasteiger partial charge on any atom is 0.234 e. The summed E-state index contributed by atoms with van der Waals surface area (Å²) in [6.07, 6.45) is 2.12. The Morgan fingerprint density at radius 3 is 3.00 bits per heavy atom. The van der Waals surface area contributed by atoms with E-state index in [4.69, 9.17) is 4.74 Å². The first-order valence-corrected chi connectivity index (χ1v) is 5.19. The Labute approximate surface area is 99.2 Å². The number of nitrogens with one attached hydrogen (secondary N) is 2. The molecule has 5 heteroatoms. The molecule has 1 aromatic carbocycles. The molecule has 1 amide bonds. The molecule has 0 saturated heterocycles. The van der Waals surface area contributed by atoms with Gasteiger partial charge in [0, 0.05) is 13.2 Å². The Bertz CT molecular complexity index is 506. The van der Waals surface area contributed by atoms with Crippen LogP contribution >= 0.6 is 0 Å². The summed E-state index contributed by atoms with van der Waals surface area (Å²) < 4.78 is 5.64. The SMILES string of the molecule is CN/C=C1/Oc2ccc(C)cc2N/C1=N/C=O. The van der Waals surface area contributed by atoms with Gasteiger partial charge in [0.05, 0.1) is 5.69 Å². The van der Waals surface area contributed by atoms with Crippen LogP contribution in [0.4, 0.5) is 5.69 Å². The van der Waals surface area contributed by atoms with Crippen LogP contribution in [0.2, 0.25) is 0 Å². The highest BCUT2D eigenvalue weighted by atomic mass is 16.5. The Kier molecular flexibility index (Phi) is 3.09. The number of nitrogens with zero attached hydrogens (tertiary/aromatic N) is 1. The van der Waals surface area contributed by atoms with Crippen molar-refractivity contribution in [1.82, 2.24) is 5.32 Å². The minimum atomic E-state index is 0.396. The molecule has 2 rings (SSSR count). The van der Waals surface area contributed by atoms with Gasteiger partial charge in [0.25, 0.3) is 0 Å². The van der Waals surface area contributed by atoms with Crippen molar-refractivity contribution in [1.29, 1.82) is 0 Å². The molecule has 1 aliphatic rings. The second-order valence-electron chi connectivity index (χ2n) is 3.61. The van der Waals surface area contributed by atoms with Crippen LogP contribution in [0.25, 0.3) is 0 Å². The monoisotopic (exact) mass is 231 g/mol. The summed E-state index contributed by atoms with van der Waals surface area (Å²) in [7, 11) is 1.75. The second-order valence-corrected chi connectivity index (χ2v) is 3.61. The third kappa shape index (κ3) is 2.28. The number of fused-ring (bicyclic) bond motifs is 1. The number of benzene rings is 1. The number of hydrogen-bond donors (Lipinski definition) is 2. The van der Waals surface area contributed by atoms with Crippen molar-refractivity contribution in [2.45, 2.75) is 6.92 Å². The van der Waals surface area contributed by atoms with E-state index >= 15 is 0 Å². The van der Waals surface area contributed by atoms with Gasteiger partial charge in [-0.05, 0) is 24.6 Å². The second kappa shape index (κ2) is 4.69. The van der Waals surface area contributed by atoms with E-state index in [1.165, 1.54) is 0 Å². The summed E-state index contributed by atoms with van der Waals surface area (Å²) in [4.78, 5) is 14.2. The molecule has 5 nitrogen and oxygen atoms in total. The molecule has 88 valence electrons. The van der Waals surface area contributed by atoms with Gasteiger partial charge >= 0.3 is 0 Å². The molecule has 1 aromatic rings. The number of carbonyl (C=O) groups excluding carboxylic acids is 1. The van der Waals surface area contributed by atoms with E-state index in [1.807, 2.05) is 25.1 Å². The first-order valence-electron chi connectivity index (χ1n) is 5.19. The fraction of sp³-hybridized carbons (Fsp3) is 0.167. The zero-order valence-electron chi connectivity index (χ0n) is 9.65. The number of amidine groups is 1. The molecule has 0 spiro atoms. The third-order valence-electron chi connectivity index (χ3n) is 2.30. The van der Waals surface area contributed by atoms with Crippen LogP contribution in [0, 0.1) is 6.92 Å². The summed E-state index contributed by atoms with van der Waals surface area (Å²) in [5, 5.41) is 5.90. The first kappa shape index (κ1) is 11.2.